The van der Waals surface area contributed by atoms with Crippen LogP contribution in [0.15, 0.2) is 0 Å². The number of aliphatic hydroxyl groups excluding tert-OH is 2. The molecule has 6 nitrogen and oxygen atoms in total. The first-order chi connectivity index (χ1) is 6.97. The summed E-state index contributed by atoms with van der Waals surface area (Å²) in [5.41, 5.74) is 0. The third-order valence-corrected chi connectivity index (χ3v) is 2.35. The molecular formula is C9H16O6. The molecule has 1 saturated heterocycles. The van der Waals surface area contributed by atoms with E-state index in [0.29, 0.717) is 0 Å². The van der Waals surface area contributed by atoms with Crippen molar-refractivity contribution in [3.63, 3.8) is 0 Å². The van der Waals surface area contributed by atoms with Crippen LogP contribution in [0.2, 0.25) is 0 Å². The van der Waals surface area contributed by atoms with E-state index in [1.54, 1.807) is 6.92 Å². The fraction of sp³-hybridized carbons (Fsp3) is 0.889. The van der Waals surface area contributed by atoms with E-state index < -0.39 is 36.7 Å². The van der Waals surface area contributed by atoms with Crippen molar-refractivity contribution in [1.82, 2.24) is 0 Å². The molecule has 6 heteroatoms. The molecule has 0 amide bonds. The van der Waals surface area contributed by atoms with Crippen LogP contribution < -0.4 is 0 Å². The summed E-state index contributed by atoms with van der Waals surface area (Å²) < 4.78 is 14.8. The molecule has 0 aliphatic carbocycles. The number of carbonyl (C=O) groups is 1. The van der Waals surface area contributed by atoms with Gasteiger partial charge in [0.1, 0.15) is 12.2 Å². The van der Waals surface area contributed by atoms with Crippen LogP contribution in [0, 0.1) is 0 Å². The highest BCUT2D eigenvalue weighted by Gasteiger charge is 2.45. The molecule has 1 rings (SSSR count). The number of carbonyl (C=O) groups excluding carboxylic acids is 1. The summed E-state index contributed by atoms with van der Waals surface area (Å²) in [6, 6.07) is 0. The van der Waals surface area contributed by atoms with E-state index >= 15 is 0 Å². The molecule has 0 radical (unpaired) electrons. The second kappa shape index (κ2) is 4.89. The van der Waals surface area contributed by atoms with Crippen LogP contribution in [0.3, 0.4) is 0 Å². The van der Waals surface area contributed by atoms with E-state index in [2.05, 4.69) is 0 Å². The molecule has 0 saturated carbocycles. The van der Waals surface area contributed by atoms with Crippen molar-refractivity contribution in [2.45, 2.75) is 44.6 Å². The van der Waals surface area contributed by atoms with E-state index in [9.17, 15) is 15.0 Å². The van der Waals surface area contributed by atoms with Crippen molar-refractivity contribution in [2.24, 2.45) is 0 Å². The first-order valence-corrected chi connectivity index (χ1v) is 4.69. The first kappa shape index (κ1) is 12.4. The van der Waals surface area contributed by atoms with Gasteiger partial charge in [-0.25, -0.2) is 0 Å². The van der Waals surface area contributed by atoms with Gasteiger partial charge >= 0.3 is 5.97 Å². The minimum atomic E-state index is -1.33. The van der Waals surface area contributed by atoms with Crippen molar-refractivity contribution in [3.05, 3.63) is 0 Å². The number of rotatable bonds is 2. The molecule has 1 heterocycles. The summed E-state index contributed by atoms with van der Waals surface area (Å²) in [6.45, 7) is 2.85. The van der Waals surface area contributed by atoms with Crippen molar-refractivity contribution >= 4 is 5.97 Å². The zero-order valence-corrected chi connectivity index (χ0v) is 8.91. The maximum absolute atomic E-state index is 10.7. The quantitative estimate of drug-likeness (QED) is 0.582. The maximum atomic E-state index is 10.7. The lowest BCUT2D eigenvalue weighted by Crippen LogP contribution is -2.58. The van der Waals surface area contributed by atoms with E-state index in [4.69, 9.17) is 14.2 Å². The van der Waals surface area contributed by atoms with Crippen LogP contribution in [0.1, 0.15) is 13.8 Å². The van der Waals surface area contributed by atoms with Gasteiger partial charge in [-0.15, -0.1) is 0 Å². The van der Waals surface area contributed by atoms with Crippen LogP contribution in [-0.4, -0.2) is 54.0 Å². The SMILES string of the molecule is CO[C@@H]1[C@@H](O)[C@@H](OC(C)=O)[C@H](O)O[C@H]1C. The molecule has 0 spiro atoms. The third kappa shape index (κ3) is 2.66. The summed E-state index contributed by atoms with van der Waals surface area (Å²) in [6.07, 6.45) is -4.63. The largest absolute Gasteiger partial charge is 0.454 e. The predicted octanol–water partition coefficient (Wildman–Crippen LogP) is -0.969. The lowest BCUT2D eigenvalue weighted by molar-refractivity contribution is -0.286. The fourth-order valence-corrected chi connectivity index (χ4v) is 1.66. The van der Waals surface area contributed by atoms with Crippen molar-refractivity contribution in [1.29, 1.82) is 0 Å². The van der Waals surface area contributed by atoms with Gasteiger partial charge in [0, 0.05) is 14.0 Å². The standard InChI is InChI=1S/C9H16O6/c1-4-7(13-3)6(11)8(9(12)14-4)15-5(2)10/h4,6-9,11-12H,1-3H3/t4-,6+,7-,8+,9+/m0/s1. The molecule has 2 N–H and O–H groups in total. The Morgan fingerprint density at radius 1 is 1.33 bits per heavy atom. The molecule has 1 aliphatic rings. The minimum Gasteiger partial charge on any atom is -0.454 e. The van der Waals surface area contributed by atoms with Crippen LogP contribution >= 0.6 is 0 Å². The fourth-order valence-electron chi connectivity index (χ4n) is 1.66. The molecule has 0 aromatic rings. The molecule has 15 heavy (non-hydrogen) atoms. The van der Waals surface area contributed by atoms with Gasteiger partial charge in [-0.1, -0.05) is 0 Å². The van der Waals surface area contributed by atoms with Crippen LogP contribution in [0.5, 0.6) is 0 Å². The summed E-state index contributed by atoms with van der Waals surface area (Å²) in [5, 5.41) is 19.2. The molecule has 0 unspecified atom stereocenters. The molecule has 0 aromatic carbocycles. The second-order valence-electron chi connectivity index (χ2n) is 3.50. The molecular weight excluding hydrogens is 204 g/mol. The average molecular weight is 220 g/mol. The topological polar surface area (TPSA) is 85.2 Å². The summed E-state index contributed by atoms with van der Waals surface area (Å²) >= 11 is 0. The lowest BCUT2D eigenvalue weighted by atomic mass is 9.99. The Kier molecular flexibility index (Phi) is 4.04. The zero-order valence-electron chi connectivity index (χ0n) is 8.91. The molecule has 5 atom stereocenters. The highest BCUT2D eigenvalue weighted by atomic mass is 16.7. The normalized spacial score (nSPS) is 41.3. The van der Waals surface area contributed by atoms with E-state index in [1.807, 2.05) is 0 Å². The van der Waals surface area contributed by atoms with Gasteiger partial charge in [0.2, 0.25) is 0 Å². The second-order valence-corrected chi connectivity index (χ2v) is 3.50. The van der Waals surface area contributed by atoms with E-state index in [-0.39, 0.29) is 0 Å². The monoisotopic (exact) mass is 220 g/mol. The highest BCUT2D eigenvalue weighted by Crippen LogP contribution is 2.23. The van der Waals surface area contributed by atoms with Gasteiger partial charge in [0.05, 0.1) is 6.10 Å². The van der Waals surface area contributed by atoms with Crippen LogP contribution in [0.25, 0.3) is 0 Å². The summed E-state index contributed by atoms with van der Waals surface area (Å²) in [5.74, 6) is -0.592. The zero-order chi connectivity index (χ0) is 11.6. The van der Waals surface area contributed by atoms with Gasteiger partial charge in [-0.2, -0.15) is 0 Å². The van der Waals surface area contributed by atoms with E-state index in [0.717, 1.165) is 0 Å². The Labute approximate surface area is 87.7 Å². The number of methoxy groups -OCH3 is 1. The smallest absolute Gasteiger partial charge is 0.303 e. The maximum Gasteiger partial charge on any atom is 0.303 e. The Morgan fingerprint density at radius 2 is 1.93 bits per heavy atom. The Hall–Kier alpha value is -0.690. The minimum absolute atomic E-state index is 0.466. The molecule has 1 aliphatic heterocycles. The van der Waals surface area contributed by atoms with Crippen LogP contribution in [-0.2, 0) is 19.0 Å². The Morgan fingerprint density at radius 3 is 2.40 bits per heavy atom. The number of hydrogen-bond donors (Lipinski definition) is 2. The number of esters is 1. The first-order valence-electron chi connectivity index (χ1n) is 4.69. The predicted molar refractivity (Wildman–Crippen MR) is 48.9 cm³/mol. The summed E-state index contributed by atoms with van der Waals surface area (Å²) in [4.78, 5) is 10.7. The molecule has 0 bridgehead atoms. The molecule has 0 aromatic heterocycles. The lowest BCUT2D eigenvalue weighted by Gasteiger charge is -2.40. The van der Waals surface area contributed by atoms with Crippen molar-refractivity contribution in [2.75, 3.05) is 7.11 Å². The van der Waals surface area contributed by atoms with Gasteiger partial charge in [-0.3, -0.25) is 4.79 Å². The van der Waals surface area contributed by atoms with Gasteiger partial charge in [0.25, 0.3) is 0 Å². The Bertz CT molecular complexity index is 231. The van der Waals surface area contributed by atoms with E-state index in [1.165, 1.54) is 14.0 Å². The van der Waals surface area contributed by atoms with Crippen molar-refractivity contribution < 1.29 is 29.2 Å². The average Bonchev–Trinajstić information content (AvgIpc) is 2.12. The number of ether oxygens (including phenoxy) is 3. The number of aliphatic hydroxyl groups is 2. The third-order valence-electron chi connectivity index (χ3n) is 2.35. The van der Waals surface area contributed by atoms with Crippen molar-refractivity contribution in [3.8, 4) is 0 Å². The number of hydrogen-bond acceptors (Lipinski definition) is 6. The Balaban J connectivity index is 2.73. The molecule has 1 fully saturated rings. The van der Waals surface area contributed by atoms with Crippen LogP contribution in [0.4, 0.5) is 0 Å². The highest BCUT2D eigenvalue weighted by molar-refractivity contribution is 5.66. The van der Waals surface area contributed by atoms with Gasteiger partial charge in [0.15, 0.2) is 12.4 Å². The molecule has 88 valence electrons. The van der Waals surface area contributed by atoms with Gasteiger partial charge in [-0.05, 0) is 6.92 Å². The van der Waals surface area contributed by atoms with Gasteiger partial charge < -0.3 is 24.4 Å². The summed E-state index contributed by atoms with van der Waals surface area (Å²) in [7, 11) is 1.41.